The lowest BCUT2D eigenvalue weighted by molar-refractivity contribution is -0.426. The standard InChI is InChI=1S/C8H12N4O2/c1-5-7(13)6(3-4-12(5)2)10-11-8(9)14/h3-4,7,13H,1-2H3,(H2-,9,11,14)/p+1. The van der Waals surface area contributed by atoms with Gasteiger partial charge >= 0.3 is 6.03 Å². The summed E-state index contributed by atoms with van der Waals surface area (Å²) in [5.41, 5.74) is 8.00. The van der Waals surface area contributed by atoms with Crippen LogP contribution < -0.4 is 11.2 Å². The van der Waals surface area contributed by atoms with Crippen molar-refractivity contribution in [2.24, 2.45) is 10.8 Å². The maximum Gasteiger partial charge on any atom is 0.332 e. The van der Waals surface area contributed by atoms with Crippen molar-refractivity contribution < 1.29 is 14.5 Å². The summed E-state index contributed by atoms with van der Waals surface area (Å²) >= 11 is 0. The van der Waals surface area contributed by atoms with Gasteiger partial charge in [-0.05, 0) is 0 Å². The minimum Gasteiger partial charge on any atom is -0.376 e. The van der Waals surface area contributed by atoms with Gasteiger partial charge in [0, 0.05) is 13.0 Å². The summed E-state index contributed by atoms with van der Waals surface area (Å²) in [6.07, 6.45) is 2.54. The molecule has 1 aliphatic rings. The maximum absolute atomic E-state index is 10.4. The second-order valence-electron chi connectivity index (χ2n) is 2.98. The number of carbonyl (C=O) groups excluding carboxylic acids is 1. The second kappa shape index (κ2) is 4.01. The molecule has 1 heterocycles. The van der Waals surface area contributed by atoms with Crippen LogP contribution in [0.5, 0.6) is 0 Å². The zero-order chi connectivity index (χ0) is 10.7. The van der Waals surface area contributed by atoms with E-state index in [2.05, 4.69) is 10.5 Å². The number of nitrogens with zero attached hydrogens (tertiary/aromatic N) is 2. The highest BCUT2D eigenvalue weighted by atomic mass is 16.3. The fourth-order valence-electron chi connectivity index (χ4n) is 1.02. The molecule has 0 saturated carbocycles. The zero-order valence-electron chi connectivity index (χ0n) is 8.06. The Morgan fingerprint density at radius 3 is 3.00 bits per heavy atom. The van der Waals surface area contributed by atoms with Gasteiger partial charge in [0.25, 0.3) is 0 Å². The summed E-state index contributed by atoms with van der Waals surface area (Å²) in [5.74, 6) is 0. The number of urea groups is 1. The number of aliphatic hydroxyl groups is 1. The van der Waals surface area contributed by atoms with E-state index in [1.54, 1.807) is 23.8 Å². The van der Waals surface area contributed by atoms with Crippen molar-refractivity contribution >= 4 is 17.5 Å². The molecule has 0 radical (unpaired) electrons. The molecule has 0 bridgehead atoms. The Morgan fingerprint density at radius 2 is 2.43 bits per heavy atom. The van der Waals surface area contributed by atoms with Crippen molar-refractivity contribution in [3.05, 3.63) is 12.3 Å². The Balaban J connectivity index is 2.82. The Hall–Kier alpha value is -1.69. The molecule has 0 saturated heterocycles. The van der Waals surface area contributed by atoms with Gasteiger partial charge in [0.2, 0.25) is 0 Å². The van der Waals surface area contributed by atoms with Crippen LogP contribution >= 0.6 is 0 Å². The summed E-state index contributed by atoms with van der Waals surface area (Å²) in [6, 6.07) is -0.755. The smallest absolute Gasteiger partial charge is 0.332 e. The van der Waals surface area contributed by atoms with Gasteiger partial charge in [0.1, 0.15) is 12.8 Å². The SMILES string of the molecule is CC1=[N+](C)C=CC(=NNC(N)=O)C1O. The molecule has 0 aliphatic carbocycles. The molecular weight excluding hydrogens is 184 g/mol. The van der Waals surface area contributed by atoms with Gasteiger partial charge in [-0.15, -0.1) is 0 Å². The second-order valence-corrected chi connectivity index (χ2v) is 2.98. The average Bonchev–Trinajstić information content (AvgIpc) is 2.13. The molecule has 1 unspecified atom stereocenters. The number of carbonyl (C=O) groups is 1. The van der Waals surface area contributed by atoms with Crippen LogP contribution in [-0.2, 0) is 0 Å². The van der Waals surface area contributed by atoms with Crippen molar-refractivity contribution in [1.29, 1.82) is 0 Å². The van der Waals surface area contributed by atoms with Crippen molar-refractivity contribution in [2.75, 3.05) is 7.05 Å². The van der Waals surface area contributed by atoms with Gasteiger partial charge in [-0.25, -0.2) is 14.8 Å². The summed E-state index contributed by atoms with van der Waals surface area (Å²) in [4.78, 5) is 10.4. The predicted molar refractivity (Wildman–Crippen MR) is 52.2 cm³/mol. The van der Waals surface area contributed by atoms with Gasteiger partial charge in [-0.3, -0.25) is 0 Å². The van der Waals surface area contributed by atoms with E-state index >= 15 is 0 Å². The predicted octanol–water partition coefficient (Wildman–Crippen LogP) is -0.998. The minimum atomic E-state index is -0.808. The largest absolute Gasteiger partial charge is 0.376 e. The van der Waals surface area contributed by atoms with E-state index in [-0.39, 0.29) is 0 Å². The molecule has 0 spiro atoms. The number of hydrogen-bond acceptors (Lipinski definition) is 3. The molecule has 1 atom stereocenters. The molecule has 0 aromatic heterocycles. The number of hydrazone groups is 1. The highest BCUT2D eigenvalue weighted by Crippen LogP contribution is 2.00. The maximum atomic E-state index is 10.4. The Labute approximate surface area is 81.4 Å². The summed E-state index contributed by atoms with van der Waals surface area (Å²) < 4.78 is 1.77. The quantitative estimate of drug-likeness (QED) is 0.372. The van der Waals surface area contributed by atoms with Gasteiger partial charge in [-0.1, -0.05) is 0 Å². The van der Waals surface area contributed by atoms with E-state index in [0.717, 1.165) is 5.71 Å². The minimum absolute atomic E-state index is 0.361. The van der Waals surface area contributed by atoms with Crippen LogP contribution in [0.25, 0.3) is 0 Å². The lowest BCUT2D eigenvalue weighted by Crippen LogP contribution is -2.37. The van der Waals surface area contributed by atoms with Gasteiger partial charge < -0.3 is 10.8 Å². The molecule has 1 aliphatic heterocycles. The fourth-order valence-corrected chi connectivity index (χ4v) is 1.02. The monoisotopic (exact) mass is 197 g/mol. The third-order valence-electron chi connectivity index (χ3n) is 2.00. The molecule has 0 aromatic rings. The van der Waals surface area contributed by atoms with Gasteiger partial charge in [0.05, 0.1) is 0 Å². The van der Waals surface area contributed by atoms with Crippen molar-refractivity contribution in [1.82, 2.24) is 5.43 Å². The van der Waals surface area contributed by atoms with E-state index in [9.17, 15) is 9.90 Å². The zero-order valence-corrected chi connectivity index (χ0v) is 8.06. The Kier molecular flexibility index (Phi) is 2.98. The first-order valence-electron chi connectivity index (χ1n) is 4.08. The molecule has 6 nitrogen and oxygen atoms in total. The third-order valence-corrected chi connectivity index (χ3v) is 2.00. The highest BCUT2D eigenvalue weighted by Gasteiger charge is 2.24. The molecule has 2 amide bonds. The van der Waals surface area contributed by atoms with Crippen molar-refractivity contribution in [2.45, 2.75) is 13.0 Å². The topological polar surface area (TPSA) is 90.7 Å². The number of nitrogens with two attached hydrogens (primary N) is 1. The van der Waals surface area contributed by atoms with Crippen LogP contribution in [0, 0.1) is 0 Å². The summed E-state index contributed by atoms with van der Waals surface area (Å²) in [6.45, 7) is 1.77. The molecule has 76 valence electrons. The Morgan fingerprint density at radius 1 is 1.79 bits per heavy atom. The van der Waals surface area contributed by atoms with Gasteiger partial charge in [0.15, 0.2) is 18.0 Å². The van der Waals surface area contributed by atoms with E-state index < -0.39 is 12.1 Å². The summed E-state index contributed by atoms with van der Waals surface area (Å²) in [5, 5.41) is 13.3. The first-order chi connectivity index (χ1) is 6.52. The first kappa shape index (κ1) is 10.4. The lowest BCUT2D eigenvalue weighted by Gasteiger charge is -2.11. The van der Waals surface area contributed by atoms with E-state index in [0.29, 0.717) is 5.71 Å². The van der Waals surface area contributed by atoms with E-state index in [4.69, 9.17) is 5.73 Å². The Bertz CT molecular complexity index is 343. The van der Waals surface area contributed by atoms with E-state index in [1.807, 2.05) is 7.05 Å². The van der Waals surface area contributed by atoms with Crippen LogP contribution in [-0.4, -0.2) is 40.3 Å². The number of primary amides is 1. The molecule has 14 heavy (non-hydrogen) atoms. The molecule has 0 fully saturated rings. The van der Waals surface area contributed by atoms with E-state index in [1.165, 1.54) is 0 Å². The van der Waals surface area contributed by atoms with Crippen LogP contribution in [0.4, 0.5) is 4.79 Å². The normalized spacial score (nSPS) is 24.2. The van der Waals surface area contributed by atoms with Crippen LogP contribution in [0.15, 0.2) is 17.4 Å². The number of amides is 2. The molecule has 0 aromatic carbocycles. The van der Waals surface area contributed by atoms with Crippen LogP contribution in [0.3, 0.4) is 0 Å². The molecule has 1 rings (SSSR count). The number of hydrogen-bond donors (Lipinski definition) is 3. The molecule has 6 heteroatoms. The lowest BCUT2D eigenvalue weighted by atomic mass is 10.1. The van der Waals surface area contributed by atoms with Crippen molar-refractivity contribution in [3.8, 4) is 0 Å². The van der Waals surface area contributed by atoms with Crippen LogP contribution in [0.2, 0.25) is 0 Å². The van der Waals surface area contributed by atoms with Crippen LogP contribution in [0.1, 0.15) is 6.92 Å². The summed E-state index contributed by atoms with van der Waals surface area (Å²) in [7, 11) is 1.81. The number of aliphatic hydroxyl groups excluding tert-OH is 1. The molecule has 4 N–H and O–H groups in total. The fraction of sp³-hybridized carbons (Fsp3) is 0.375. The molecular formula is C8H13N4O2+. The first-order valence-corrected chi connectivity index (χ1v) is 4.08. The number of nitrogens with one attached hydrogen (secondary N) is 1. The number of rotatable bonds is 1. The average molecular weight is 197 g/mol. The van der Waals surface area contributed by atoms with Crippen molar-refractivity contribution in [3.63, 3.8) is 0 Å². The third kappa shape index (κ3) is 2.17. The van der Waals surface area contributed by atoms with Gasteiger partial charge in [-0.2, -0.15) is 5.10 Å². The highest BCUT2D eigenvalue weighted by molar-refractivity contribution is 6.13.